The van der Waals surface area contributed by atoms with E-state index in [4.69, 9.17) is 0 Å². The van der Waals surface area contributed by atoms with Gasteiger partial charge >= 0.3 is 0 Å². The number of halogens is 1. The van der Waals surface area contributed by atoms with Gasteiger partial charge in [0.1, 0.15) is 12.1 Å². The lowest BCUT2D eigenvalue weighted by Gasteiger charge is -2.02. The number of benzene rings is 2. The van der Waals surface area contributed by atoms with Crippen LogP contribution >= 0.6 is 11.3 Å². The highest BCUT2D eigenvalue weighted by Crippen LogP contribution is 2.24. The summed E-state index contributed by atoms with van der Waals surface area (Å²) in [5.41, 5.74) is 3.16. The van der Waals surface area contributed by atoms with Gasteiger partial charge in [0.2, 0.25) is 0 Å². The van der Waals surface area contributed by atoms with Crippen molar-refractivity contribution in [1.82, 2.24) is 4.98 Å². The second-order valence-electron chi connectivity index (χ2n) is 4.63. The van der Waals surface area contributed by atoms with Crippen molar-refractivity contribution in [1.29, 1.82) is 0 Å². The third kappa shape index (κ3) is 3.06. The van der Waals surface area contributed by atoms with Crippen molar-refractivity contribution in [3.63, 3.8) is 0 Å². The van der Waals surface area contributed by atoms with Crippen LogP contribution in [0.5, 0.6) is 0 Å². The first-order valence-corrected chi connectivity index (χ1v) is 7.37. The predicted octanol–water partition coefficient (Wildman–Crippen LogP) is 4.35. The van der Waals surface area contributed by atoms with Gasteiger partial charge in [0.05, 0.1) is 10.7 Å². The average molecular weight is 297 g/mol. The van der Waals surface area contributed by atoms with Crippen molar-refractivity contribution in [3.05, 3.63) is 75.9 Å². The van der Waals surface area contributed by atoms with Crippen LogP contribution in [0.15, 0.2) is 53.9 Å². The van der Waals surface area contributed by atoms with Gasteiger partial charge < -0.3 is 0 Å². The molecule has 104 valence electrons. The number of carbonyl (C=O) groups is 1. The maximum Gasteiger partial charge on any atom is 0.150 e. The fourth-order valence-corrected chi connectivity index (χ4v) is 2.96. The Hall–Kier alpha value is -2.33. The zero-order chi connectivity index (χ0) is 14.7. The summed E-state index contributed by atoms with van der Waals surface area (Å²) in [5, 5.41) is 2.90. The Labute approximate surface area is 125 Å². The molecule has 2 nitrogen and oxygen atoms in total. The number of rotatable bonds is 4. The van der Waals surface area contributed by atoms with E-state index in [2.05, 4.69) is 4.98 Å². The van der Waals surface area contributed by atoms with E-state index < -0.39 is 5.82 Å². The summed E-state index contributed by atoms with van der Waals surface area (Å²) < 4.78 is 13.1. The largest absolute Gasteiger partial charge is 0.298 e. The quantitative estimate of drug-likeness (QED) is 0.670. The Bertz CT molecular complexity index is 767. The molecule has 0 N–H and O–H groups in total. The number of aromatic nitrogens is 1. The molecule has 2 aromatic carbocycles. The van der Waals surface area contributed by atoms with E-state index in [9.17, 15) is 9.18 Å². The summed E-state index contributed by atoms with van der Waals surface area (Å²) >= 11 is 1.54. The van der Waals surface area contributed by atoms with Gasteiger partial charge in [-0.3, -0.25) is 4.79 Å². The molecule has 3 rings (SSSR count). The van der Waals surface area contributed by atoms with E-state index in [0.29, 0.717) is 18.3 Å². The second-order valence-corrected chi connectivity index (χ2v) is 5.57. The van der Waals surface area contributed by atoms with Gasteiger partial charge in [0.15, 0.2) is 0 Å². The zero-order valence-electron chi connectivity index (χ0n) is 11.1. The fourth-order valence-electron chi connectivity index (χ4n) is 2.13. The molecule has 0 fully saturated rings. The topological polar surface area (TPSA) is 30.0 Å². The van der Waals surface area contributed by atoms with Crippen LogP contribution in [0.4, 0.5) is 4.39 Å². The standard InChI is InChI=1S/C17H12FNOS/c18-15-7-6-13(14(8-15)10-20)9-17-19-16(11-21-17)12-4-2-1-3-5-12/h1-8,10-11H,9H2. The van der Waals surface area contributed by atoms with Gasteiger partial charge in [-0.05, 0) is 17.7 Å². The Morgan fingerprint density at radius 1 is 1.14 bits per heavy atom. The van der Waals surface area contributed by atoms with E-state index in [1.165, 1.54) is 12.1 Å². The first-order valence-electron chi connectivity index (χ1n) is 6.49. The van der Waals surface area contributed by atoms with Gasteiger partial charge in [-0.15, -0.1) is 11.3 Å². The average Bonchev–Trinajstić information content (AvgIpc) is 2.98. The molecule has 0 amide bonds. The van der Waals surface area contributed by atoms with E-state index in [1.807, 2.05) is 35.7 Å². The maximum atomic E-state index is 13.1. The van der Waals surface area contributed by atoms with Crippen LogP contribution in [0, 0.1) is 5.82 Å². The lowest BCUT2D eigenvalue weighted by atomic mass is 10.1. The van der Waals surface area contributed by atoms with Crippen LogP contribution in [-0.4, -0.2) is 11.3 Å². The minimum atomic E-state index is -0.398. The van der Waals surface area contributed by atoms with E-state index in [-0.39, 0.29) is 0 Å². The number of thiazole rings is 1. The Balaban J connectivity index is 1.87. The van der Waals surface area contributed by atoms with Gasteiger partial charge in [0.25, 0.3) is 0 Å². The normalized spacial score (nSPS) is 10.5. The first-order chi connectivity index (χ1) is 10.3. The van der Waals surface area contributed by atoms with Gasteiger partial charge in [-0.2, -0.15) is 0 Å². The molecule has 0 aliphatic rings. The van der Waals surface area contributed by atoms with Crippen molar-refractivity contribution in [3.8, 4) is 11.3 Å². The van der Waals surface area contributed by atoms with Crippen molar-refractivity contribution in [2.45, 2.75) is 6.42 Å². The molecule has 21 heavy (non-hydrogen) atoms. The van der Waals surface area contributed by atoms with Crippen molar-refractivity contribution in [2.75, 3.05) is 0 Å². The van der Waals surface area contributed by atoms with Crippen molar-refractivity contribution >= 4 is 17.6 Å². The summed E-state index contributed by atoms with van der Waals surface area (Å²) in [5.74, 6) is -0.398. The summed E-state index contributed by atoms with van der Waals surface area (Å²) in [6.45, 7) is 0. The highest BCUT2D eigenvalue weighted by molar-refractivity contribution is 7.10. The Morgan fingerprint density at radius 2 is 1.95 bits per heavy atom. The SMILES string of the molecule is O=Cc1cc(F)ccc1Cc1nc(-c2ccccc2)cs1. The molecule has 0 saturated heterocycles. The lowest BCUT2D eigenvalue weighted by molar-refractivity contribution is 0.112. The molecule has 0 spiro atoms. The molecule has 0 aliphatic heterocycles. The number of nitrogens with zero attached hydrogens (tertiary/aromatic N) is 1. The molecule has 0 radical (unpaired) electrons. The van der Waals surface area contributed by atoms with Crippen LogP contribution < -0.4 is 0 Å². The molecule has 4 heteroatoms. The zero-order valence-corrected chi connectivity index (χ0v) is 11.9. The lowest BCUT2D eigenvalue weighted by Crippen LogP contribution is -1.95. The molecule has 0 saturated carbocycles. The molecule has 3 aromatic rings. The summed E-state index contributed by atoms with van der Waals surface area (Å²) in [6.07, 6.45) is 1.22. The van der Waals surface area contributed by atoms with Crippen LogP contribution in [-0.2, 0) is 6.42 Å². The summed E-state index contributed by atoms with van der Waals surface area (Å²) in [7, 11) is 0. The van der Waals surface area contributed by atoms with E-state index >= 15 is 0 Å². The number of hydrogen-bond donors (Lipinski definition) is 0. The number of aldehydes is 1. The minimum absolute atomic E-state index is 0.381. The molecule has 0 atom stereocenters. The number of carbonyl (C=O) groups excluding carboxylic acids is 1. The van der Waals surface area contributed by atoms with Gasteiger partial charge in [-0.1, -0.05) is 36.4 Å². The maximum absolute atomic E-state index is 13.1. The van der Waals surface area contributed by atoms with Crippen LogP contribution in [0.3, 0.4) is 0 Å². The highest BCUT2D eigenvalue weighted by Gasteiger charge is 2.09. The monoisotopic (exact) mass is 297 g/mol. The number of hydrogen-bond acceptors (Lipinski definition) is 3. The van der Waals surface area contributed by atoms with Crippen molar-refractivity contribution < 1.29 is 9.18 Å². The van der Waals surface area contributed by atoms with Crippen molar-refractivity contribution in [2.24, 2.45) is 0 Å². The van der Waals surface area contributed by atoms with Crippen LogP contribution in [0.25, 0.3) is 11.3 Å². The second kappa shape index (κ2) is 5.97. The minimum Gasteiger partial charge on any atom is -0.298 e. The van der Waals surface area contributed by atoms with Crippen LogP contribution in [0.2, 0.25) is 0 Å². The third-order valence-electron chi connectivity index (χ3n) is 3.20. The molecule has 1 aromatic heterocycles. The Kier molecular flexibility index (Phi) is 3.88. The van der Waals surface area contributed by atoms with Gasteiger partial charge in [0, 0.05) is 22.9 Å². The van der Waals surface area contributed by atoms with Crippen LogP contribution in [0.1, 0.15) is 20.9 Å². The molecule has 1 heterocycles. The molecular weight excluding hydrogens is 285 g/mol. The van der Waals surface area contributed by atoms with Gasteiger partial charge in [-0.25, -0.2) is 9.37 Å². The molecule has 0 unspecified atom stereocenters. The Morgan fingerprint density at radius 3 is 2.71 bits per heavy atom. The predicted molar refractivity (Wildman–Crippen MR) is 82.1 cm³/mol. The highest BCUT2D eigenvalue weighted by atomic mass is 32.1. The summed E-state index contributed by atoms with van der Waals surface area (Å²) in [6, 6.07) is 14.2. The fraction of sp³-hybridized carbons (Fsp3) is 0.0588. The first kappa shape index (κ1) is 13.6. The molecular formula is C17H12FNOS. The van der Waals surface area contributed by atoms with E-state index in [0.717, 1.165) is 21.8 Å². The summed E-state index contributed by atoms with van der Waals surface area (Å²) in [4.78, 5) is 15.6. The molecule has 0 bridgehead atoms. The van der Waals surface area contributed by atoms with E-state index in [1.54, 1.807) is 17.4 Å². The smallest absolute Gasteiger partial charge is 0.150 e. The third-order valence-corrected chi connectivity index (χ3v) is 4.05. The molecule has 0 aliphatic carbocycles.